The fraction of sp³-hybridized carbons (Fsp3) is 0.462. The van der Waals surface area contributed by atoms with E-state index in [0.29, 0.717) is 0 Å². The summed E-state index contributed by atoms with van der Waals surface area (Å²) in [6.07, 6.45) is -5.84. The van der Waals surface area contributed by atoms with E-state index in [1.165, 1.54) is 0 Å². The van der Waals surface area contributed by atoms with Crippen LogP contribution in [0.2, 0.25) is 0 Å². The van der Waals surface area contributed by atoms with Crippen LogP contribution in [0, 0.1) is 0 Å². The van der Waals surface area contributed by atoms with Crippen molar-refractivity contribution in [2.45, 2.75) is 30.7 Å². The molecule has 5 atom stereocenters. The Balaban J connectivity index is 2.10. The Kier molecular flexibility index (Phi) is 4.62. The molecule has 104 valence electrons. The number of aliphatic hydroxyl groups is 3. The molecule has 0 bridgehead atoms. The zero-order valence-electron chi connectivity index (χ0n) is 10.1. The lowest BCUT2D eigenvalue weighted by Gasteiger charge is -2.37. The number of hydrogen-bond acceptors (Lipinski definition) is 6. The third-order valence-corrected chi connectivity index (χ3v) is 2.98. The maximum absolute atomic E-state index is 10.5. The van der Waals surface area contributed by atoms with Crippen LogP contribution >= 0.6 is 0 Å². The van der Waals surface area contributed by atoms with Crippen LogP contribution in [0.4, 0.5) is 0 Å². The zero-order valence-corrected chi connectivity index (χ0v) is 10.1. The standard InChI is InChI=1S/C13H16O6/c14-6-9(15)11(17)12-10(16)7-18-13(19-12)8-4-2-1-3-5-8/h1-6,9-13,15-17H,7H2/t9?,10-,11?,12-,13-/m1/s1. The van der Waals surface area contributed by atoms with Crippen molar-refractivity contribution in [2.75, 3.05) is 6.61 Å². The number of aldehydes is 1. The highest BCUT2D eigenvalue weighted by Gasteiger charge is 2.39. The van der Waals surface area contributed by atoms with Gasteiger partial charge in [-0.2, -0.15) is 0 Å². The number of carbonyl (C=O) groups excluding carboxylic acids is 1. The number of ether oxygens (including phenoxy) is 2. The minimum Gasteiger partial charge on any atom is -0.388 e. The van der Waals surface area contributed by atoms with Gasteiger partial charge in [0.2, 0.25) is 0 Å². The van der Waals surface area contributed by atoms with Gasteiger partial charge in [-0.3, -0.25) is 0 Å². The predicted octanol–water partition coefficient (Wildman–Crippen LogP) is -0.618. The normalized spacial score (nSPS) is 30.6. The van der Waals surface area contributed by atoms with Gasteiger partial charge in [0.1, 0.15) is 24.4 Å². The van der Waals surface area contributed by atoms with E-state index in [1.54, 1.807) is 24.3 Å². The molecule has 3 N–H and O–H groups in total. The van der Waals surface area contributed by atoms with Crippen LogP contribution in [-0.2, 0) is 14.3 Å². The molecule has 2 unspecified atom stereocenters. The lowest BCUT2D eigenvalue weighted by Crippen LogP contribution is -2.51. The zero-order chi connectivity index (χ0) is 13.8. The molecule has 6 heteroatoms. The van der Waals surface area contributed by atoms with Gasteiger partial charge in [-0.15, -0.1) is 0 Å². The third-order valence-electron chi connectivity index (χ3n) is 2.98. The van der Waals surface area contributed by atoms with Crippen molar-refractivity contribution in [1.82, 2.24) is 0 Å². The van der Waals surface area contributed by atoms with Crippen molar-refractivity contribution in [3.8, 4) is 0 Å². The fourth-order valence-electron chi connectivity index (χ4n) is 1.92. The van der Waals surface area contributed by atoms with Gasteiger partial charge in [-0.05, 0) is 0 Å². The Hall–Kier alpha value is -1.31. The van der Waals surface area contributed by atoms with E-state index < -0.39 is 30.7 Å². The van der Waals surface area contributed by atoms with Gasteiger partial charge in [0.25, 0.3) is 0 Å². The summed E-state index contributed by atoms with van der Waals surface area (Å²) in [6.45, 7) is -0.0487. The first kappa shape index (κ1) is 14.1. The van der Waals surface area contributed by atoms with Gasteiger partial charge in [-0.25, -0.2) is 0 Å². The van der Waals surface area contributed by atoms with E-state index in [1.807, 2.05) is 6.07 Å². The lowest BCUT2D eigenvalue weighted by atomic mass is 10.0. The van der Waals surface area contributed by atoms with Crippen molar-refractivity contribution < 1.29 is 29.6 Å². The van der Waals surface area contributed by atoms with E-state index >= 15 is 0 Å². The Morgan fingerprint density at radius 2 is 1.95 bits per heavy atom. The van der Waals surface area contributed by atoms with Gasteiger partial charge in [0, 0.05) is 5.56 Å². The molecule has 1 heterocycles. The number of rotatable bonds is 4. The average molecular weight is 268 g/mol. The topological polar surface area (TPSA) is 96.2 Å². The van der Waals surface area contributed by atoms with Crippen molar-refractivity contribution in [1.29, 1.82) is 0 Å². The smallest absolute Gasteiger partial charge is 0.184 e. The minimum atomic E-state index is -1.60. The van der Waals surface area contributed by atoms with Gasteiger partial charge in [-0.1, -0.05) is 30.3 Å². The molecule has 19 heavy (non-hydrogen) atoms. The quantitative estimate of drug-likeness (QED) is 0.630. The molecule has 0 aliphatic carbocycles. The Labute approximate surface area is 110 Å². The van der Waals surface area contributed by atoms with Crippen molar-refractivity contribution in [2.24, 2.45) is 0 Å². The first-order valence-corrected chi connectivity index (χ1v) is 5.95. The fourth-order valence-corrected chi connectivity index (χ4v) is 1.92. The summed E-state index contributed by atoms with van der Waals surface area (Å²) >= 11 is 0. The first-order valence-electron chi connectivity index (χ1n) is 5.95. The number of aliphatic hydroxyl groups excluding tert-OH is 3. The molecule has 1 aromatic carbocycles. The highest BCUT2D eigenvalue weighted by Crippen LogP contribution is 2.28. The monoisotopic (exact) mass is 268 g/mol. The summed E-state index contributed by atoms with van der Waals surface area (Å²) in [7, 11) is 0. The summed E-state index contributed by atoms with van der Waals surface area (Å²) in [5.41, 5.74) is 0.729. The Morgan fingerprint density at radius 3 is 2.58 bits per heavy atom. The second kappa shape index (κ2) is 6.23. The molecule has 0 radical (unpaired) electrons. The SMILES string of the molecule is O=CC(O)C(O)[C@@H]1O[C@H](c2ccccc2)OC[C@H]1O. The van der Waals surface area contributed by atoms with Gasteiger partial charge >= 0.3 is 0 Å². The van der Waals surface area contributed by atoms with Crippen LogP contribution in [-0.4, -0.2) is 52.6 Å². The molecule has 0 saturated carbocycles. The highest BCUT2D eigenvalue weighted by molar-refractivity contribution is 5.56. The van der Waals surface area contributed by atoms with Gasteiger partial charge in [0.05, 0.1) is 6.61 Å². The van der Waals surface area contributed by atoms with Crippen molar-refractivity contribution in [3.05, 3.63) is 35.9 Å². The van der Waals surface area contributed by atoms with Crippen LogP contribution in [0.15, 0.2) is 30.3 Å². The number of carbonyl (C=O) groups is 1. The summed E-state index contributed by atoms with van der Waals surface area (Å²) in [6, 6.07) is 9.01. The minimum absolute atomic E-state index is 0.0487. The Bertz CT molecular complexity index is 409. The average Bonchev–Trinajstić information content (AvgIpc) is 2.47. The second-order valence-electron chi connectivity index (χ2n) is 4.36. The summed E-state index contributed by atoms with van der Waals surface area (Å²) in [4.78, 5) is 10.5. The van der Waals surface area contributed by atoms with E-state index in [-0.39, 0.29) is 12.9 Å². The van der Waals surface area contributed by atoms with Crippen molar-refractivity contribution >= 4 is 6.29 Å². The molecule has 0 spiro atoms. The number of benzene rings is 1. The van der Waals surface area contributed by atoms with Crippen molar-refractivity contribution in [3.63, 3.8) is 0 Å². The summed E-state index contributed by atoms with van der Waals surface area (Å²) in [5.74, 6) is 0. The third kappa shape index (κ3) is 3.17. The van der Waals surface area contributed by atoms with E-state index in [0.717, 1.165) is 5.56 Å². The van der Waals surface area contributed by atoms with Crippen LogP contribution in [0.1, 0.15) is 11.9 Å². The molecule has 2 rings (SSSR count). The molecular weight excluding hydrogens is 252 g/mol. The van der Waals surface area contributed by atoms with Crippen LogP contribution in [0.25, 0.3) is 0 Å². The predicted molar refractivity (Wildman–Crippen MR) is 64.1 cm³/mol. The molecule has 6 nitrogen and oxygen atoms in total. The van der Waals surface area contributed by atoms with Crippen LogP contribution in [0.5, 0.6) is 0 Å². The van der Waals surface area contributed by atoms with Crippen LogP contribution in [0.3, 0.4) is 0 Å². The largest absolute Gasteiger partial charge is 0.388 e. The van der Waals surface area contributed by atoms with Crippen LogP contribution < -0.4 is 0 Å². The maximum atomic E-state index is 10.5. The number of hydrogen-bond donors (Lipinski definition) is 3. The first-order chi connectivity index (χ1) is 9.13. The molecule has 1 aliphatic heterocycles. The van der Waals surface area contributed by atoms with Gasteiger partial charge in [0.15, 0.2) is 12.6 Å². The maximum Gasteiger partial charge on any atom is 0.184 e. The Morgan fingerprint density at radius 1 is 1.26 bits per heavy atom. The highest BCUT2D eigenvalue weighted by atomic mass is 16.7. The summed E-state index contributed by atoms with van der Waals surface area (Å²) < 4.78 is 10.7. The molecule has 1 aromatic rings. The molecular formula is C13H16O6. The molecule has 0 aromatic heterocycles. The second-order valence-corrected chi connectivity index (χ2v) is 4.36. The summed E-state index contributed by atoms with van der Waals surface area (Å²) in [5, 5.41) is 28.8. The molecule has 1 aliphatic rings. The van der Waals surface area contributed by atoms with E-state index in [2.05, 4.69) is 0 Å². The van der Waals surface area contributed by atoms with E-state index in [9.17, 15) is 20.1 Å². The lowest BCUT2D eigenvalue weighted by molar-refractivity contribution is -0.281. The molecule has 0 amide bonds. The van der Waals surface area contributed by atoms with Gasteiger partial charge < -0.3 is 29.6 Å². The molecule has 1 saturated heterocycles. The molecule has 1 fully saturated rings. The van der Waals surface area contributed by atoms with E-state index in [4.69, 9.17) is 9.47 Å².